The van der Waals surface area contributed by atoms with Crippen LogP contribution in [0.25, 0.3) is 11.5 Å². The highest BCUT2D eigenvalue weighted by Gasteiger charge is 2.18. The van der Waals surface area contributed by atoms with Gasteiger partial charge in [-0.05, 0) is 12.1 Å². The van der Waals surface area contributed by atoms with E-state index in [1.54, 1.807) is 31.6 Å². The Morgan fingerprint density at radius 3 is 2.77 bits per heavy atom. The molecular weight excluding hydrogens is 467 g/mol. The van der Waals surface area contributed by atoms with Crippen LogP contribution in [0.3, 0.4) is 0 Å². The predicted molar refractivity (Wildman–Crippen MR) is 117 cm³/mol. The summed E-state index contributed by atoms with van der Waals surface area (Å²) in [6, 6.07) is 6.75. The van der Waals surface area contributed by atoms with E-state index in [0.29, 0.717) is 48.5 Å². The van der Waals surface area contributed by atoms with Crippen molar-refractivity contribution in [3.8, 4) is 29.0 Å². The molecule has 11 heteroatoms. The van der Waals surface area contributed by atoms with Crippen molar-refractivity contribution in [3.63, 3.8) is 0 Å². The molecular formula is C20H17Cl3N4O4. The molecule has 0 amide bonds. The maximum absolute atomic E-state index is 9.32. The molecule has 0 saturated heterocycles. The zero-order chi connectivity index (χ0) is 22.2. The summed E-state index contributed by atoms with van der Waals surface area (Å²) >= 11 is 18.3. The Bertz CT molecular complexity index is 1080. The van der Waals surface area contributed by atoms with Crippen molar-refractivity contribution in [2.24, 2.45) is 0 Å². The minimum atomic E-state index is 0.0790. The first-order chi connectivity index (χ1) is 15.0. The van der Waals surface area contributed by atoms with Gasteiger partial charge in [0.1, 0.15) is 12.7 Å². The number of halogens is 3. The van der Waals surface area contributed by atoms with E-state index in [9.17, 15) is 5.26 Å². The van der Waals surface area contributed by atoms with Gasteiger partial charge in [-0.2, -0.15) is 10.2 Å². The fraction of sp³-hybridized carbons (Fsp3) is 0.250. The third-order valence-corrected chi connectivity index (χ3v) is 4.96. The van der Waals surface area contributed by atoms with Gasteiger partial charge in [-0.25, -0.2) is 0 Å². The van der Waals surface area contributed by atoms with Crippen LogP contribution in [0.2, 0.25) is 15.1 Å². The molecule has 0 saturated carbocycles. The largest absolute Gasteiger partial charge is 0.491 e. The Morgan fingerprint density at radius 1 is 1.16 bits per heavy atom. The number of rotatable bonds is 10. The summed E-state index contributed by atoms with van der Waals surface area (Å²) in [7, 11) is 1.55. The maximum atomic E-state index is 9.32. The highest BCUT2D eigenvalue weighted by Crippen LogP contribution is 2.37. The Labute approximate surface area is 193 Å². The van der Waals surface area contributed by atoms with Crippen molar-refractivity contribution in [1.29, 1.82) is 5.26 Å². The lowest BCUT2D eigenvalue weighted by atomic mass is 10.2. The van der Waals surface area contributed by atoms with Crippen LogP contribution in [-0.4, -0.2) is 43.4 Å². The Morgan fingerprint density at radius 2 is 2.00 bits per heavy atom. The molecule has 3 aromatic rings. The number of anilines is 1. The molecule has 0 spiro atoms. The molecule has 1 aromatic carbocycles. The minimum Gasteiger partial charge on any atom is -0.491 e. The number of hydrogen-bond donors (Lipinski definition) is 1. The van der Waals surface area contributed by atoms with Crippen molar-refractivity contribution in [2.45, 2.75) is 0 Å². The second kappa shape index (κ2) is 11.1. The zero-order valence-electron chi connectivity index (χ0n) is 16.3. The van der Waals surface area contributed by atoms with Gasteiger partial charge in [0.2, 0.25) is 17.5 Å². The van der Waals surface area contributed by atoms with Crippen LogP contribution < -0.4 is 14.8 Å². The van der Waals surface area contributed by atoms with E-state index in [1.807, 2.05) is 6.07 Å². The summed E-state index contributed by atoms with van der Waals surface area (Å²) < 4.78 is 21.9. The number of nitrogens with one attached hydrogen (secondary N) is 1. The third kappa shape index (κ3) is 5.93. The predicted octanol–water partition coefficient (Wildman–Crippen LogP) is 5.08. The lowest BCUT2D eigenvalue weighted by Crippen LogP contribution is -2.13. The number of nitriles is 1. The van der Waals surface area contributed by atoms with Gasteiger partial charge in [0, 0.05) is 23.8 Å². The SMILES string of the molecule is COc1cnccc1OCCOCCNc1oc(-c2cc(Cl)cc(Cl)c2Cl)nc1C#N. The quantitative estimate of drug-likeness (QED) is 0.314. The smallest absolute Gasteiger partial charge is 0.232 e. The number of hydrogen-bond acceptors (Lipinski definition) is 8. The molecule has 0 aliphatic heterocycles. The molecule has 0 aliphatic carbocycles. The molecule has 0 atom stereocenters. The fourth-order valence-electron chi connectivity index (χ4n) is 2.53. The highest BCUT2D eigenvalue weighted by atomic mass is 35.5. The molecule has 31 heavy (non-hydrogen) atoms. The molecule has 0 radical (unpaired) electrons. The van der Waals surface area contributed by atoms with E-state index in [4.69, 9.17) is 53.4 Å². The summed E-state index contributed by atoms with van der Waals surface area (Å²) in [4.78, 5) is 8.11. The summed E-state index contributed by atoms with van der Waals surface area (Å²) in [5.41, 5.74) is 0.471. The zero-order valence-corrected chi connectivity index (χ0v) is 18.6. The lowest BCUT2D eigenvalue weighted by Gasteiger charge is -2.10. The first kappa shape index (κ1) is 23.0. The Balaban J connectivity index is 1.50. The topological polar surface area (TPSA) is 102 Å². The molecule has 0 unspecified atom stereocenters. The number of ether oxygens (including phenoxy) is 3. The molecule has 1 N–H and O–H groups in total. The van der Waals surface area contributed by atoms with Crippen LogP contribution in [0.5, 0.6) is 11.5 Å². The van der Waals surface area contributed by atoms with Gasteiger partial charge in [-0.15, -0.1) is 0 Å². The summed E-state index contributed by atoms with van der Waals surface area (Å²) in [6.45, 7) is 1.42. The molecule has 0 bridgehead atoms. The van der Waals surface area contributed by atoms with Gasteiger partial charge < -0.3 is 23.9 Å². The van der Waals surface area contributed by atoms with Crippen LogP contribution in [0.1, 0.15) is 5.69 Å². The van der Waals surface area contributed by atoms with Gasteiger partial charge in [0.15, 0.2) is 11.5 Å². The number of pyridine rings is 1. The Kier molecular flexibility index (Phi) is 8.20. The van der Waals surface area contributed by atoms with Gasteiger partial charge in [-0.3, -0.25) is 4.98 Å². The monoisotopic (exact) mass is 482 g/mol. The molecule has 162 valence electrons. The molecule has 0 fully saturated rings. The van der Waals surface area contributed by atoms with Crippen LogP contribution in [-0.2, 0) is 4.74 Å². The summed E-state index contributed by atoms with van der Waals surface area (Å²) in [5.74, 6) is 1.47. The number of methoxy groups -OCH3 is 1. The van der Waals surface area contributed by atoms with Crippen molar-refractivity contribution in [2.75, 3.05) is 38.8 Å². The first-order valence-electron chi connectivity index (χ1n) is 9.01. The van der Waals surface area contributed by atoms with E-state index < -0.39 is 0 Å². The number of nitrogens with zero attached hydrogens (tertiary/aromatic N) is 3. The summed E-state index contributed by atoms with van der Waals surface area (Å²) in [6.07, 6.45) is 3.19. The van der Waals surface area contributed by atoms with E-state index in [-0.39, 0.29) is 27.5 Å². The first-order valence-corrected chi connectivity index (χ1v) is 10.1. The summed E-state index contributed by atoms with van der Waals surface area (Å²) in [5, 5.41) is 13.2. The lowest BCUT2D eigenvalue weighted by molar-refractivity contribution is 0.106. The van der Waals surface area contributed by atoms with E-state index in [0.717, 1.165) is 0 Å². The number of oxazole rings is 1. The molecule has 2 heterocycles. The minimum absolute atomic E-state index is 0.0790. The fourth-order valence-corrected chi connectivity index (χ4v) is 3.21. The average Bonchev–Trinajstić information content (AvgIpc) is 3.18. The average molecular weight is 484 g/mol. The van der Waals surface area contributed by atoms with Crippen molar-refractivity contribution < 1.29 is 18.6 Å². The maximum Gasteiger partial charge on any atom is 0.232 e. The van der Waals surface area contributed by atoms with E-state index >= 15 is 0 Å². The van der Waals surface area contributed by atoms with Gasteiger partial charge in [0.05, 0.1) is 42.1 Å². The Hall–Kier alpha value is -2.70. The second-order valence-electron chi connectivity index (χ2n) is 5.97. The van der Waals surface area contributed by atoms with Crippen LogP contribution in [0, 0.1) is 11.3 Å². The molecule has 3 rings (SSSR count). The van der Waals surface area contributed by atoms with Crippen molar-refractivity contribution >= 4 is 40.7 Å². The van der Waals surface area contributed by atoms with Gasteiger partial charge in [0.25, 0.3) is 0 Å². The van der Waals surface area contributed by atoms with E-state index in [1.165, 1.54) is 6.07 Å². The van der Waals surface area contributed by atoms with Crippen LogP contribution >= 0.6 is 34.8 Å². The molecule has 2 aromatic heterocycles. The van der Waals surface area contributed by atoms with Crippen molar-refractivity contribution in [3.05, 3.63) is 51.4 Å². The number of benzene rings is 1. The van der Waals surface area contributed by atoms with Gasteiger partial charge in [-0.1, -0.05) is 34.8 Å². The second-order valence-corrected chi connectivity index (χ2v) is 7.19. The van der Waals surface area contributed by atoms with Crippen LogP contribution in [0.4, 0.5) is 5.88 Å². The number of aromatic nitrogens is 2. The standard InChI is InChI=1S/C20H17Cl3N4O4/c1-28-17-11-25-3-2-16(17)30-7-6-29-5-4-26-20-15(10-24)27-19(31-20)13-8-12(21)9-14(22)18(13)23/h2-3,8-9,11,26H,4-7H2,1H3. The van der Waals surface area contributed by atoms with Crippen LogP contribution in [0.15, 0.2) is 35.0 Å². The normalized spacial score (nSPS) is 10.5. The van der Waals surface area contributed by atoms with Gasteiger partial charge >= 0.3 is 0 Å². The highest BCUT2D eigenvalue weighted by molar-refractivity contribution is 6.44. The molecule has 0 aliphatic rings. The third-order valence-electron chi connectivity index (χ3n) is 3.94. The van der Waals surface area contributed by atoms with E-state index in [2.05, 4.69) is 15.3 Å². The molecule has 8 nitrogen and oxygen atoms in total. The van der Waals surface area contributed by atoms with Crippen molar-refractivity contribution in [1.82, 2.24) is 9.97 Å².